The molecule has 0 radical (unpaired) electrons. The molecule has 1 heterocycles. The van der Waals surface area contributed by atoms with Gasteiger partial charge in [0.05, 0.1) is 17.3 Å². The zero-order valence-corrected chi connectivity index (χ0v) is 17.3. The lowest BCUT2D eigenvalue weighted by Gasteiger charge is -2.38. The molecule has 150 valence electrons. The first kappa shape index (κ1) is 19.0. The molecule has 3 atom stereocenters. The van der Waals surface area contributed by atoms with E-state index in [0.29, 0.717) is 23.9 Å². The van der Waals surface area contributed by atoms with E-state index in [1.165, 1.54) is 5.56 Å². The molecule has 3 aromatic rings. The summed E-state index contributed by atoms with van der Waals surface area (Å²) in [5.74, 6) is 0.652. The summed E-state index contributed by atoms with van der Waals surface area (Å²) in [4.78, 5) is 13.1. The second-order valence-corrected chi connectivity index (χ2v) is 8.41. The van der Waals surface area contributed by atoms with Gasteiger partial charge >= 0.3 is 0 Å². The van der Waals surface area contributed by atoms with E-state index in [1.807, 2.05) is 60.7 Å². The molecule has 2 aliphatic rings. The number of para-hydroxylation sites is 1. The zero-order valence-electron chi connectivity index (χ0n) is 16.5. The Morgan fingerprint density at radius 3 is 2.70 bits per heavy atom. The fourth-order valence-corrected chi connectivity index (χ4v) is 4.91. The third-order valence-corrected chi connectivity index (χ3v) is 6.38. The molecule has 0 aromatic heterocycles. The summed E-state index contributed by atoms with van der Waals surface area (Å²) in [6, 6.07) is 24.1. The molecule has 0 fully saturated rings. The number of hydrogen-bond acceptors (Lipinski definition) is 2. The average Bonchev–Trinajstić information content (AvgIpc) is 3.27. The zero-order chi connectivity index (χ0) is 20.5. The molecule has 0 saturated carbocycles. The third-order valence-electron chi connectivity index (χ3n) is 6.15. The van der Waals surface area contributed by atoms with Gasteiger partial charge in [0, 0.05) is 17.5 Å². The molecular formula is C26H23ClN2O. The Morgan fingerprint density at radius 1 is 1.03 bits per heavy atom. The minimum atomic E-state index is -0.0616. The second-order valence-electron chi connectivity index (χ2n) is 7.97. The van der Waals surface area contributed by atoms with Crippen LogP contribution in [-0.4, -0.2) is 5.91 Å². The molecule has 1 aliphatic heterocycles. The van der Waals surface area contributed by atoms with Gasteiger partial charge in [0.2, 0.25) is 0 Å². The van der Waals surface area contributed by atoms with Crippen molar-refractivity contribution in [3.63, 3.8) is 0 Å². The van der Waals surface area contributed by atoms with Gasteiger partial charge < -0.3 is 10.6 Å². The third kappa shape index (κ3) is 3.50. The fraction of sp³-hybridized carbons (Fsp3) is 0.192. The smallest absolute Gasteiger partial charge is 0.253 e. The molecule has 0 saturated heterocycles. The van der Waals surface area contributed by atoms with Crippen LogP contribution in [0.15, 0.2) is 84.9 Å². The van der Waals surface area contributed by atoms with E-state index in [-0.39, 0.29) is 11.9 Å². The number of anilines is 1. The molecule has 2 N–H and O–H groups in total. The topological polar surface area (TPSA) is 41.1 Å². The second kappa shape index (κ2) is 8.00. The molecule has 30 heavy (non-hydrogen) atoms. The van der Waals surface area contributed by atoms with Gasteiger partial charge in [0.15, 0.2) is 0 Å². The number of carbonyl (C=O) groups excluding carboxylic acids is 1. The monoisotopic (exact) mass is 414 g/mol. The SMILES string of the molecule is O=C(NCc1ccccc1)c1cccc2c1NC(c1cccc(Cl)c1)C1CC=CC21. The van der Waals surface area contributed by atoms with Crippen molar-refractivity contribution in [2.24, 2.45) is 5.92 Å². The van der Waals surface area contributed by atoms with E-state index in [2.05, 4.69) is 34.9 Å². The summed E-state index contributed by atoms with van der Waals surface area (Å²) < 4.78 is 0. The van der Waals surface area contributed by atoms with E-state index in [4.69, 9.17) is 11.6 Å². The average molecular weight is 415 g/mol. The Morgan fingerprint density at radius 2 is 1.87 bits per heavy atom. The Bertz CT molecular complexity index is 1110. The Hall–Kier alpha value is -3.04. The van der Waals surface area contributed by atoms with Gasteiger partial charge in [-0.3, -0.25) is 4.79 Å². The van der Waals surface area contributed by atoms with Gasteiger partial charge in [-0.05, 0) is 47.2 Å². The van der Waals surface area contributed by atoms with E-state index >= 15 is 0 Å². The lowest BCUT2D eigenvalue weighted by Crippen LogP contribution is -2.32. The highest BCUT2D eigenvalue weighted by atomic mass is 35.5. The molecule has 0 bridgehead atoms. The van der Waals surface area contributed by atoms with Crippen molar-refractivity contribution in [1.82, 2.24) is 5.32 Å². The summed E-state index contributed by atoms with van der Waals surface area (Å²) in [6.45, 7) is 0.507. The number of halogens is 1. The van der Waals surface area contributed by atoms with Crippen LogP contribution >= 0.6 is 11.6 Å². The summed E-state index contributed by atoms with van der Waals surface area (Å²) >= 11 is 6.28. The van der Waals surface area contributed by atoms with E-state index in [1.54, 1.807) is 0 Å². The number of carbonyl (C=O) groups is 1. The van der Waals surface area contributed by atoms with Crippen LogP contribution in [0.2, 0.25) is 5.02 Å². The number of rotatable bonds is 4. The van der Waals surface area contributed by atoms with Crippen molar-refractivity contribution in [2.45, 2.75) is 24.9 Å². The van der Waals surface area contributed by atoms with Crippen LogP contribution < -0.4 is 10.6 Å². The minimum absolute atomic E-state index is 0.0616. The van der Waals surface area contributed by atoms with Crippen molar-refractivity contribution >= 4 is 23.2 Å². The van der Waals surface area contributed by atoms with Gasteiger partial charge in [-0.1, -0.05) is 78.4 Å². The number of fused-ring (bicyclic) bond motifs is 3. The van der Waals surface area contributed by atoms with Gasteiger partial charge in [0.1, 0.15) is 0 Å². The standard InChI is InChI=1S/C26H23ClN2O/c27-19-10-4-9-18(15-19)24-21-12-5-11-20(21)22-13-6-14-23(25(22)29-24)26(30)28-16-17-7-2-1-3-8-17/h1-11,13-15,20-21,24,29H,12,16H2,(H,28,30). The maximum atomic E-state index is 13.1. The van der Waals surface area contributed by atoms with Crippen molar-refractivity contribution < 1.29 is 4.79 Å². The number of amides is 1. The number of allylic oxidation sites excluding steroid dienone is 2. The predicted molar refractivity (Wildman–Crippen MR) is 122 cm³/mol. The Balaban J connectivity index is 1.47. The maximum absolute atomic E-state index is 13.1. The fourth-order valence-electron chi connectivity index (χ4n) is 4.71. The summed E-state index contributed by atoms with van der Waals surface area (Å²) in [6.07, 6.45) is 5.55. The molecule has 1 aliphatic carbocycles. The van der Waals surface area contributed by atoms with Gasteiger partial charge in [-0.25, -0.2) is 0 Å². The van der Waals surface area contributed by atoms with Crippen LogP contribution in [0.5, 0.6) is 0 Å². The largest absolute Gasteiger partial charge is 0.377 e. The maximum Gasteiger partial charge on any atom is 0.253 e. The van der Waals surface area contributed by atoms with Crippen molar-refractivity contribution in [2.75, 3.05) is 5.32 Å². The van der Waals surface area contributed by atoms with E-state index in [9.17, 15) is 4.79 Å². The number of nitrogens with one attached hydrogen (secondary N) is 2. The summed E-state index contributed by atoms with van der Waals surface area (Å²) in [5, 5.41) is 7.50. The minimum Gasteiger partial charge on any atom is -0.377 e. The highest BCUT2D eigenvalue weighted by Crippen LogP contribution is 2.50. The predicted octanol–water partition coefficient (Wildman–Crippen LogP) is 6.10. The highest BCUT2D eigenvalue weighted by Gasteiger charge is 2.39. The van der Waals surface area contributed by atoms with Crippen molar-refractivity contribution in [3.8, 4) is 0 Å². The Kier molecular flexibility index (Phi) is 5.06. The molecule has 1 amide bonds. The molecule has 3 nitrogen and oxygen atoms in total. The van der Waals surface area contributed by atoms with Crippen molar-refractivity contribution in [3.05, 3.63) is 112 Å². The first-order valence-corrected chi connectivity index (χ1v) is 10.7. The van der Waals surface area contributed by atoms with Crippen LogP contribution in [0.1, 0.15) is 45.4 Å². The lowest BCUT2D eigenvalue weighted by atomic mass is 9.76. The van der Waals surface area contributed by atoms with Crippen molar-refractivity contribution in [1.29, 1.82) is 0 Å². The first-order valence-electron chi connectivity index (χ1n) is 10.3. The van der Waals surface area contributed by atoms with Gasteiger partial charge in [-0.2, -0.15) is 0 Å². The lowest BCUT2D eigenvalue weighted by molar-refractivity contribution is 0.0951. The van der Waals surface area contributed by atoms with Crippen LogP contribution in [0, 0.1) is 5.92 Å². The van der Waals surface area contributed by atoms with E-state index in [0.717, 1.165) is 28.3 Å². The van der Waals surface area contributed by atoms with Crippen LogP contribution in [0.3, 0.4) is 0 Å². The molecule has 4 heteroatoms. The summed E-state index contributed by atoms with van der Waals surface area (Å²) in [7, 11) is 0. The van der Waals surface area contributed by atoms with Gasteiger partial charge in [-0.15, -0.1) is 0 Å². The Labute approximate surface area is 181 Å². The van der Waals surface area contributed by atoms with E-state index < -0.39 is 0 Å². The quantitative estimate of drug-likeness (QED) is 0.506. The normalized spacial score (nSPS) is 21.4. The van der Waals surface area contributed by atoms with Crippen LogP contribution in [-0.2, 0) is 6.54 Å². The molecule has 3 aromatic carbocycles. The highest BCUT2D eigenvalue weighted by molar-refractivity contribution is 6.30. The van der Waals surface area contributed by atoms with Crippen LogP contribution in [0.4, 0.5) is 5.69 Å². The molecule has 0 spiro atoms. The molecule has 3 unspecified atom stereocenters. The molecule has 5 rings (SSSR count). The number of hydrogen-bond donors (Lipinski definition) is 2. The molecular weight excluding hydrogens is 392 g/mol. The summed E-state index contributed by atoms with van der Waals surface area (Å²) in [5.41, 5.74) is 5.06. The van der Waals surface area contributed by atoms with Crippen LogP contribution in [0.25, 0.3) is 0 Å². The first-order chi connectivity index (χ1) is 14.7. The van der Waals surface area contributed by atoms with Gasteiger partial charge in [0.25, 0.3) is 5.91 Å². The number of benzene rings is 3.